The van der Waals surface area contributed by atoms with Crippen LogP contribution in [0.3, 0.4) is 0 Å². The van der Waals surface area contributed by atoms with Gasteiger partial charge in [-0.2, -0.15) is 0 Å². The lowest BCUT2D eigenvalue weighted by atomic mass is 10.1. The molecule has 1 saturated heterocycles. The van der Waals surface area contributed by atoms with Crippen LogP contribution >= 0.6 is 15.9 Å². The molecule has 0 aliphatic carbocycles. The Morgan fingerprint density at radius 1 is 1.44 bits per heavy atom. The van der Waals surface area contributed by atoms with Gasteiger partial charge in [-0.05, 0) is 30.7 Å². The summed E-state index contributed by atoms with van der Waals surface area (Å²) in [6.45, 7) is 3.01. The highest BCUT2D eigenvalue weighted by atomic mass is 79.9. The first-order valence-corrected chi connectivity index (χ1v) is 6.77. The summed E-state index contributed by atoms with van der Waals surface area (Å²) < 4.78 is 0.933. The molecule has 0 aromatic heterocycles. The van der Waals surface area contributed by atoms with Crippen molar-refractivity contribution in [2.45, 2.75) is 19.4 Å². The molecular formula is C13H15BrN2O2. The van der Waals surface area contributed by atoms with Crippen LogP contribution < -0.4 is 5.32 Å². The predicted octanol–water partition coefficient (Wildman–Crippen LogP) is 1.80. The standard InChI is InChI=1S/C13H15BrN2O2/c1-2-11-12(17)15-7-8-16(11)13(18)9-3-5-10(14)6-4-9/h3-6,11H,2,7-8H2,1H3,(H,15,17). The van der Waals surface area contributed by atoms with Gasteiger partial charge in [0.2, 0.25) is 5.91 Å². The molecule has 4 nitrogen and oxygen atoms in total. The number of hydrogen-bond donors (Lipinski definition) is 1. The van der Waals surface area contributed by atoms with Crippen molar-refractivity contribution in [1.29, 1.82) is 0 Å². The van der Waals surface area contributed by atoms with E-state index in [2.05, 4.69) is 21.2 Å². The van der Waals surface area contributed by atoms with Crippen LogP contribution in [0.25, 0.3) is 0 Å². The number of amides is 2. The molecule has 1 aromatic carbocycles. The van der Waals surface area contributed by atoms with Gasteiger partial charge in [-0.25, -0.2) is 0 Å². The van der Waals surface area contributed by atoms with Gasteiger partial charge in [0.1, 0.15) is 6.04 Å². The maximum absolute atomic E-state index is 12.4. The summed E-state index contributed by atoms with van der Waals surface area (Å²) in [5.74, 6) is -0.140. The first kappa shape index (κ1) is 13.1. The summed E-state index contributed by atoms with van der Waals surface area (Å²) in [4.78, 5) is 25.7. The zero-order valence-electron chi connectivity index (χ0n) is 10.1. The minimum absolute atomic E-state index is 0.0609. The van der Waals surface area contributed by atoms with Crippen LogP contribution in [0.4, 0.5) is 0 Å². The van der Waals surface area contributed by atoms with E-state index in [-0.39, 0.29) is 17.9 Å². The Morgan fingerprint density at radius 2 is 2.11 bits per heavy atom. The van der Waals surface area contributed by atoms with Crippen molar-refractivity contribution < 1.29 is 9.59 Å². The Morgan fingerprint density at radius 3 is 2.72 bits per heavy atom. The lowest BCUT2D eigenvalue weighted by Crippen LogP contribution is -2.56. The average Bonchev–Trinajstić information content (AvgIpc) is 2.38. The molecule has 1 aliphatic rings. The number of nitrogens with one attached hydrogen (secondary N) is 1. The van der Waals surface area contributed by atoms with E-state index >= 15 is 0 Å². The number of nitrogens with zero attached hydrogens (tertiary/aromatic N) is 1. The third kappa shape index (κ3) is 2.56. The quantitative estimate of drug-likeness (QED) is 0.905. The second-order valence-electron chi connectivity index (χ2n) is 4.22. The molecule has 5 heteroatoms. The van der Waals surface area contributed by atoms with E-state index in [9.17, 15) is 9.59 Å². The van der Waals surface area contributed by atoms with Crippen molar-refractivity contribution in [3.8, 4) is 0 Å². The van der Waals surface area contributed by atoms with Crippen molar-refractivity contribution in [3.05, 3.63) is 34.3 Å². The van der Waals surface area contributed by atoms with Crippen molar-refractivity contribution in [2.24, 2.45) is 0 Å². The van der Waals surface area contributed by atoms with E-state index in [1.165, 1.54) is 0 Å². The molecule has 1 N–H and O–H groups in total. The average molecular weight is 311 g/mol. The molecule has 1 aliphatic heterocycles. The summed E-state index contributed by atoms with van der Waals surface area (Å²) in [5.41, 5.74) is 0.617. The minimum atomic E-state index is -0.352. The lowest BCUT2D eigenvalue weighted by Gasteiger charge is -2.34. The lowest BCUT2D eigenvalue weighted by molar-refractivity contribution is -0.127. The Balaban J connectivity index is 2.21. The normalized spacial score (nSPS) is 19.6. The molecule has 2 rings (SSSR count). The van der Waals surface area contributed by atoms with Gasteiger partial charge in [0.25, 0.3) is 5.91 Å². The zero-order chi connectivity index (χ0) is 13.1. The number of halogens is 1. The van der Waals surface area contributed by atoms with Crippen LogP contribution in [0.5, 0.6) is 0 Å². The van der Waals surface area contributed by atoms with Crippen LogP contribution in [0.15, 0.2) is 28.7 Å². The van der Waals surface area contributed by atoms with Gasteiger partial charge in [0.15, 0.2) is 0 Å². The number of benzene rings is 1. The number of carbonyl (C=O) groups excluding carboxylic acids is 2. The second kappa shape index (κ2) is 5.52. The monoisotopic (exact) mass is 310 g/mol. The highest BCUT2D eigenvalue weighted by molar-refractivity contribution is 9.10. The first-order valence-electron chi connectivity index (χ1n) is 5.97. The van der Waals surface area contributed by atoms with Gasteiger partial charge in [-0.3, -0.25) is 9.59 Å². The Bertz CT molecular complexity index is 459. The molecule has 0 spiro atoms. The topological polar surface area (TPSA) is 49.4 Å². The fourth-order valence-corrected chi connectivity index (χ4v) is 2.39. The van der Waals surface area contributed by atoms with E-state index in [1.54, 1.807) is 17.0 Å². The number of piperazine rings is 1. The fraction of sp³-hybridized carbons (Fsp3) is 0.385. The second-order valence-corrected chi connectivity index (χ2v) is 5.14. The molecule has 0 radical (unpaired) electrons. The van der Waals surface area contributed by atoms with E-state index in [0.29, 0.717) is 25.1 Å². The molecule has 1 aromatic rings. The SMILES string of the molecule is CCC1C(=O)NCCN1C(=O)c1ccc(Br)cc1. The van der Waals surface area contributed by atoms with Gasteiger partial charge in [0.05, 0.1) is 0 Å². The summed E-state index contributed by atoms with van der Waals surface area (Å²) in [5, 5.41) is 2.79. The molecule has 2 amide bonds. The maximum atomic E-state index is 12.4. The smallest absolute Gasteiger partial charge is 0.254 e. The molecule has 96 valence electrons. The highest BCUT2D eigenvalue weighted by Crippen LogP contribution is 2.16. The first-order chi connectivity index (χ1) is 8.63. The fourth-order valence-electron chi connectivity index (χ4n) is 2.12. The number of carbonyl (C=O) groups is 2. The van der Waals surface area contributed by atoms with E-state index in [1.807, 2.05) is 19.1 Å². The van der Waals surface area contributed by atoms with Crippen LogP contribution in [-0.2, 0) is 4.79 Å². The molecule has 1 heterocycles. The molecule has 0 saturated carbocycles. The highest BCUT2D eigenvalue weighted by Gasteiger charge is 2.31. The Hall–Kier alpha value is -1.36. The summed E-state index contributed by atoms with van der Waals surface area (Å²) in [6, 6.07) is 6.85. The van der Waals surface area contributed by atoms with Crippen molar-refractivity contribution >= 4 is 27.7 Å². The van der Waals surface area contributed by atoms with Crippen molar-refractivity contribution in [3.63, 3.8) is 0 Å². The maximum Gasteiger partial charge on any atom is 0.254 e. The molecule has 1 fully saturated rings. The van der Waals surface area contributed by atoms with Crippen LogP contribution in [0, 0.1) is 0 Å². The van der Waals surface area contributed by atoms with E-state index in [0.717, 1.165) is 4.47 Å². The van der Waals surface area contributed by atoms with Crippen LogP contribution in [0.1, 0.15) is 23.7 Å². The summed E-state index contributed by atoms with van der Waals surface area (Å²) in [6.07, 6.45) is 0.633. The predicted molar refractivity (Wildman–Crippen MR) is 72.3 cm³/mol. The Kier molecular flexibility index (Phi) is 4.01. The van der Waals surface area contributed by atoms with E-state index < -0.39 is 0 Å². The Labute approximate surface area is 114 Å². The molecule has 1 atom stereocenters. The summed E-state index contributed by atoms with van der Waals surface area (Å²) >= 11 is 3.34. The van der Waals surface area contributed by atoms with Gasteiger partial charge in [-0.15, -0.1) is 0 Å². The third-order valence-corrected chi connectivity index (χ3v) is 3.60. The van der Waals surface area contributed by atoms with Gasteiger partial charge in [-0.1, -0.05) is 22.9 Å². The zero-order valence-corrected chi connectivity index (χ0v) is 11.7. The van der Waals surface area contributed by atoms with Gasteiger partial charge in [0, 0.05) is 23.1 Å². The van der Waals surface area contributed by atoms with Crippen molar-refractivity contribution in [1.82, 2.24) is 10.2 Å². The van der Waals surface area contributed by atoms with Crippen LogP contribution in [-0.4, -0.2) is 35.8 Å². The summed E-state index contributed by atoms with van der Waals surface area (Å²) in [7, 11) is 0. The minimum Gasteiger partial charge on any atom is -0.353 e. The molecule has 18 heavy (non-hydrogen) atoms. The van der Waals surface area contributed by atoms with Crippen LogP contribution in [0.2, 0.25) is 0 Å². The number of hydrogen-bond acceptors (Lipinski definition) is 2. The molecular weight excluding hydrogens is 296 g/mol. The third-order valence-electron chi connectivity index (χ3n) is 3.07. The largest absolute Gasteiger partial charge is 0.353 e. The van der Waals surface area contributed by atoms with Crippen molar-refractivity contribution in [2.75, 3.05) is 13.1 Å². The van der Waals surface area contributed by atoms with Gasteiger partial charge >= 0.3 is 0 Å². The molecule has 1 unspecified atom stereocenters. The molecule has 0 bridgehead atoms. The van der Waals surface area contributed by atoms with Gasteiger partial charge < -0.3 is 10.2 Å². The van der Waals surface area contributed by atoms with E-state index in [4.69, 9.17) is 0 Å². The number of rotatable bonds is 2.